The summed E-state index contributed by atoms with van der Waals surface area (Å²) in [4.78, 5) is 28.3. The summed E-state index contributed by atoms with van der Waals surface area (Å²) in [7, 11) is 0. The first kappa shape index (κ1) is 23.2. The lowest BCUT2D eigenvalue weighted by Crippen LogP contribution is -2.71. The summed E-state index contributed by atoms with van der Waals surface area (Å²) in [5, 5.41) is 4.18. The average Bonchev–Trinajstić information content (AvgIpc) is 3.32. The van der Waals surface area contributed by atoms with E-state index < -0.39 is 16.4 Å². The molecule has 0 unspecified atom stereocenters. The fourth-order valence-corrected chi connectivity index (χ4v) is 11.1. The molecule has 5 heteroatoms. The van der Waals surface area contributed by atoms with Crippen molar-refractivity contribution in [1.82, 2.24) is 5.16 Å². The number of hydrogen-bond acceptors (Lipinski definition) is 5. The van der Waals surface area contributed by atoms with Crippen molar-refractivity contribution in [2.45, 2.75) is 111 Å². The van der Waals surface area contributed by atoms with E-state index >= 15 is 0 Å². The van der Waals surface area contributed by atoms with E-state index in [0.29, 0.717) is 5.92 Å². The second kappa shape index (κ2) is 6.21. The normalized spacial score (nSPS) is 49.6. The van der Waals surface area contributed by atoms with E-state index in [1.54, 1.807) is 0 Å². The Morgan fingerprint density at radius 1 is 0.917 bits per heavy atom. The summed E-state index contributed by atoms with van der Waals surface area (Å²) in [5.74, 6) is 1.31. The van der Waals surface area contributed by atoms with E-state index in [-0.39, 0.29) is 39.3 Å². The molecule has 4 fully saturated rings. The summed E-state index contributed by atoms with van der Waals surface area (Å²) >= 11 is 0. The number of rotatable bonds is 0. The molecule has 0 radical (unpaired) electrons. The van der Waals surface area contributed by atoms with Crippen LogP contribution in [0.5, 0.6) is 0 Å². The molecule has 1 aromatic rings. The number of allylic oxidation sites excluding steroid dienone is 1. The molecule has 1 aliphatic heterocycles. The first-order chi connectivity index (χ1) is 16.7. The van der Waals surface area contributed by atoms with Gasteiger partial charge in [-0.3, -0.25) is 9.59 Å². The molecule has 7 rings (SSSR count). The number of ketones is 1. The molecule has 194 valence electrons. The van der Waals surface area contributed by atoms with Gasteiger partial charge in [-0.25, -0.2) is 0 Å². The molecule has 0 aromatic carbocycles. The number of hydrogen-bond donors (Lipinski definition) is 0. The molecule has 2 heterocycles. The highest BCUT2D eigenvalue weighted by Gasteiger charge is 2.82. The molecule has 1 saturated heterocycles. The van der Waals surface area contributed by atoms with Crippen LogP contribution >= 0.6 is 0 Å². The molecular formula is C31H41NO4. The summed E-state index contributed by atoms with van der Waals surface area (Å²) < 4.78 is 12.3. The Bertz CT molecular complexity index is 1250. The molecule has 0 amide bonds. The minimum Gasteiger partial charge on any atom is -0.449 e. The van der Waals surface area contributed by atoms with Crippen LogP contribution in [0.1, 0.15) is 105 Å². The Morgan fingerprint density at radius 2 is 1.64 bits per heavy atom. The molecule has 1 aromatic heterocycles. The second-order valence-electron chi connectivity index (χ2n) is 15.4. The van der Waals surface area contributed by atoms with Crippen LogP contribution in [0.25, 0.3) is 0 Å². The number of carbonyl (C=O) groups excluding carboxylic acids is 2. The highest BCUT2D eigenvalue weighted by atomic mass is 16.6. The minimum absolute atomic E-state index is 0.0277. The summed E-state index contributed by atoms with van der Waals surface area (Å²) in [6, 6.07) is 0. The maximum Gasteiger partial charge on any atom is 0.313 e. The lowest BCUT2D eigenvalue weighted by Gasteiger charge is -2.69. The Kier molecular flexibility index (Phi) is 4.00. The van der Waals surface area contributed by atoms with Gasteiger partial charge >= 0.3 is 5.97 Å². The van der Waals surface area contributed by atoms with Gasteiger partial charge in [0.1, 0.15) is 5.76 Å². The maximum atomic E-state index is 14.6. The number of nitrogens with zero attached hydrogens (tertiary/aromatic N) is 1. The Balaban J connectivity index is 1.44. The van der Waals surface area contributed by atoms with Crippen LogP contribution in [0.3, 0.4) is 0 Å². The van der Waals surface area contributed by atoms with Gasteiger partial charge in [-0.05, 0) is 79.6 Å². The van der Waals surface area contributed by atoms with E-state index in [1.807, 2.05) is 12.3 Å². The number of esters is 1. The third-order valence-corrected chi connectivity index (χ3v) is 13.1. The molecule has 2 bridgehead atoms. The molecule has 0 N–H and O–H groups in total. The van der Waals surface area contributed by atoms with E-state index in [4.69, 9.17) is 9.26 Å². The number of aromatic nitrogens is 1. The van der Waals surface area contributed by atoms with Crippen molar-refractivity contribution >= 4 is 11.8 Å². The van der Waals surface area contributed by atoms with E-state index in [1.165, 1.54) is 11.1 Å². The van der Waals surface area contributed by atoms with Gasteiger partial charge in [-0.1, -0.05) is 59.2 Å². The molecular weight excluding hydrogens is 450 g/mol. The number of fused-ring (bicyclic) bond motifs is 5. The standard InChI is InChI=1S/C31H41NO4/c1-25(2)10-12-30-13-11-29(7)28(6)9-8-19-26(3,4)23-18(17-32-36-23)15-27(19,5)20(28)14-22(33)31(29,21(30)16-25)35-24(30)34/h14,17,19,21H,8-13,15-16H2,1-7H3/t19-,21+,27-,28+,29-,30-,31+/m0/s1. The van der Waals surface area contributed by atoms with Crippen molar-refractivity contribution in [3.8, 4) is 0 Å². The molecule has 1 spiro atoms. The van der Waals surface area contributed by atoms with Gasteiger partial charge in [0.2, 0.25) is 0 Å². The zero-order chi connectivity index (χ0) is 25.7. The van der Waals surface area contributed by atoms with E-state index in [2.05, 4.69) is 53.6 Å². The first-order valence-electron chi connectivity index (χ1n) is 14.1. The predicted octanol–water partition coefficient (Wildman–Crippen LogP) is 6.35. The first-order valence-corrected chi connectivity index (χ1v) is 14.1. The summed E-state index contributed by atoms with van der Waals surface area (Å²) in [6.07, 6.45) is 11.3. The maximum absolute atomic E-state index is 14.6. The fourth-order valence-electron chi connectivity index (χ4n) is 11.1. The Morgan fingerprint density at radius 3 is 2.39 bits per heavy atom. The zero-order valence-corrected chi connectivity index (χ0v) is 23.0. The van der Waals surface area contributed by atoms with E-state index in [0.717, 1.165) is 57.1 Å². The van der Waals surface area contributed by atoms with Gasteiger partial charge in [-0.2, -0.15) is 0 Å². The van der Waals surface area contributed by atoms with Crippen LogP contribution in [0.15, 0.2) is 22.4 Å². The highest BCUT2D eigenvalue weighted by molar-refractivity contribution is 6.05. The molecule has 6 aliphatic rings. The summed E-state index contributed by atoms with van der Waals surface area (Å²) in [6.45, 7) is 16.3. The van der Waals surface area contributed by atoms with Crippen molar-refractivity contribution in [1.29, 1.82) is 0 Å². The van der Waals surface area contributed by atoms with Crippen LogP contribution in [0.4, 0.5) is 0 Å². The quantitative estimate of drug-likeness (QED) is 0.396. The average molecular weight is 492 g/mol. The number of ether oxygens (including phenoxy) is 1. The van der Waals surface area contributed by atoms with Crippen molar-refractivity contribution in [3.05, 3.63) is 29.2 Å². The van der Waals surface area contributed by atoms with Crippen molar-refractivity contribution < 1.29 is 18.8 Å². The molecule has 5 nitrogen and oxygen atoms in total. The van der Waals surface area contributed by atoms with Gasteiger partial charge in [0, 0.05) is 22.3 Å². The second-order valence-corrected chi connectivity index (χ2v) is 15.4. The summed E-state index contributed by atoms with van der Waals surface area (Å²) in [5.41, 5.74) is 0.108. The topological polar surface area (TPSA) is 69.4 Å². The van der Waals surface area contributed by atoms with Crippen molar-refractivity contribution in [3.63, 3.8) is 0 Å². The Hall–Kier alpha value is -1.91. The van der Waals surface area contributed by atoms with Crippen LogP contribution < -0.4 is 0 Å². The van der Waals surface area contributed by atoms with Gasteiger partial charge in [-0.15, -0.1) is 0 Å². The number of carbonyl (C=O) groups is 2. The monoisotopic (exact) mass is 491 g/mol. The third kappa shape index (κ3) is 2.19. The smallest absolute Gasteiger partial charge is 0.313 e. The molecule has 5 aliphatic carbocycles. The van der Waals surface area contributed by atoms with Crippen molar-refractivity contribution in [2.24, 2.45) is 38.9 Å². The lowest BCUT2D eigenvalue weighted by molar-refractivity contribution is -0.207. The predicted molar refractivity (Wildman–Crippen MR) is 135 cm³/mol. The van der Waals surface area contributed by atoms with Crippen LogP contribution in [-0.4, -0.2) is 22.5 Å². The Labute approximate surface area is 214 Å². The van der Waals surface area contributed by atoms with Gasteiger partial charge in [0.25, 0.3) is 0 Å². The van der Waals surface area contributed by atoms with Gasteiger partial charge in [0.15, 0.2) is 11.4 Å². The zero-order valence-electron chi connectivity index (χ0n) is 23.0. The van der Waals surface area contributed by atoms with Crippen LogP contribution in [0, 0.1) is 38.9 Å². The molecule has 36 heavy (non-hydrogen) atoms. The minimum atomic E-state index is -1.03. The van der Waals surface area contributed by atoms with Crippen LogP contribution in [0.2, 0.25) is 0 Å². The molecule has 3 saturated carbocycles. The lowest BCUT2D eigenvalue weighted by atomic mass is 9.33. The highest BCUT2D eigenvalue weighted by Crippen LogP contribution is 2.78. The molecule has 7 atom stereocenters. The largest absolute Gasteiger partial charge is 0.449 e. The van der Waals surface area contributed by atoms with Gasteiger partial charge in [0.05, 0.1) is 11.6 Å². The van der Waals surface area contributed by atoms with Crippen LogP contribution in [-0.2, 0) is 26.2 Å². The van der Waals surface area contributed by atoms with Gasteiger partial charge < -0.3 is 9.26 Å². The fraction of sp³-hybridized carbons (Fsp3) is 0.774. The SMILES string of the molecule is CC1(C)CC[C@@]23CC[C@@]4(C)[C@]5(C)CC[C@H]6C(C)(C)c7oncc7C[C@]6(C)C5=CC(=O)[C@]4(OC2=O)[C@@H]3C1. The van der Waals surface area contributed by atoms with E-state index in [9.17, 15) is 9.59 Å². The third-order valence-electron chi connectivity index (χ3n) is 13.1. The van der Waals surface area contributed by atoms with Crippen molar-refractivity contribution in [2.75, 3.05) is 0 Å².